The van der Waals surface area contributed by atoms with Crippen LogP contribution >= 0.6 is 24.0 Å². The molecule has 0 radical (unpaired) electrons. The van der Waals surface area contributed by atoms with Gasteiger partial charge in [-0.1, -0.05) is 30.4 Å². The smallest absolute Gasteiger partial charge is 0.255 e. The molecule has 0 aliphatic carbocycles. The first kappa shape index (κ1) is 14.6. The van der Waals surface area contributed by atoms with Crippen molar-refractivity contribution in [2.24, 2.45) is 5.73 Å². The molecule has 0 saturated carbocycles. The van der Waals surface area contributed by atoms with Crippen molar-refractivity contribution in [1.82, 2.24) is 0 Å². The third-order valence-corrected chi connectivity index (χ3v) is 3.70. The number of benzene rings is 2. The van der Waals surface area contributed by atoms with Crippen molar-refractivity contribution in [2.75, 3.05) is 11.6 Å². The topological polar surface area (TPSA) is 55.1 Å². The van der Waals surface area contributed by atoms with Crippen molar-refractivity contribution < 1.29 is 4.79 Å². The quantitative estimate of drug-likeness (QED) is 0.672. The first-order valence-corrected chi connectivity index (χ1v) is 7.59. The molecule has 3 N–H and O–H groups in total. The maximum Gasteiger partial charge on any atom is 0.255 e. The summed E-state index contributed by atoms with van der Waals surface area (Å²) in [5.41, 5.74) is 7.55. The maximum atomic E-state index is 12.2. The van der Waals surface area contributed by atoms with Crippen LogP contribution in [0, 0.1) is 0 Å². The summed E-state index contributed by atoms with van der Waals surface area (Å²) in [4.78, 5) is 13.6. The highest BCUT2D eigenvalue weighted by Crippen LogP contribution is 2.19. The van der Waals surface area contributed by atoms with E-state index in [0.29, 0.717) is 11.1 Å². The molecule has 0 saturated heterocycles. The molecule has 0 unspecified atom stereocenters. The molecule has 0 heterocycles. The molecular formula is C15H14N2OS2. The summed E-state index contributed by atoms with van der Waals surface area (Å²) in [6.45, 7) is 0. The minimum atomic E-state index is -0.179. The van der Waals surface area contributed by atoms with Gasteiger partial charge in [0.15, 0.2) is 0 Å². The molecule has 102 valence electrons. The third kappa shape index (κ3) is 3.59. The Morgan fingerprint density at radius 2 is 1.85 bits per heavy atom. The lowest BCUT2D eigenvalue weighted by molar-refractivity contribution is 0.102. The largest absolute Gasteiger partial charge is 0.389 e. The number of anilines is 1. The Labute approximate surface area is 127 Å². The van der Waals surface area contributed by atoms with Gasteiger partial charge in [-0.15, -0.1) is 11.8 Å². The SMILES string of the molecule is CSc1cccc(NC(=O)c2cccc(C(N)=S)c2)c1. The number of thiocarbonyl (C=S) groups is 1. The van der Waals surface area contributed by atoms with Crippen LogP contribution in [0.5, 0.6) is 0 Å². The zero-order valence-corrected chi connectivity index (χ0v) is 12.6. The minimum Gasteiger partial charge on any atom is -0.389 e. The first-order chi connectivity index (χ1) is 9.60. The summed E-state index contributed by atoms with van der Waals surface area (Å²) in [6.07, 6.45) is 1.99. The lowest BCUT2D eigenvalue weighted by atomic mass is 10.1. The molecule has 2 aromatic carbocycles. The van der Waals surface area contributed by atoms with Gasteiger partial charge in [-0.2, -0.15) is 0 Å². The van der Waals surface area contributed by atoms with Gasteiger partial charge in [-0.3, -0.25) is 4.79 Å². The zero-order valence-electron chi connectivity index (χ0n) is 10.9. The molecule has 2 aromatic rings. The minimum absolute atomic E-state index is 0.179. The predicted molar refractivity (Wildman–Crippen MR) is 88.5 cm³/mol. The van der Waals surface area contributed by atoms with Crippen molar-refractivity contribution in [1.29, 1.82) is 0 Å². The van der Waals surface area contributed by atoms with Crippen LogP contribution in [-0.2, 0) is 0 Å². The summed E-state index contributed by atoms with van der Waals surface area (Å²) >= 11 is 6.54. The third-order valence-electron chi connectivity index (χ3n) is 2.74. The normalized spacial score (nSPS) is 10.1. The number of carbonyl (C=O) groups excluding carboxylic acids is 1. The molecule has 0 bridgehead atoms. The zero-order chi connectivity index (χ0) is 14.5. The summed E-state index contributed by atoms with van der Waals surface area (Å²) < 4.78 is 0. The Balaban J connectivity index is 2.19. The number of hydrogen-bond donors (Lipinski definition) is 2. The van der Waals surface area contributed by atoms with Gasteiger partial charge in [0.1, 0.15) is 4.99 Å². The molecule has 0 aliphatic heterocycles. The Hall–Kier alpha value is -1.85. The average Bonchev–Trinajstić information content (AvgIpc) is 2.47. The van der Waals surface area contributed by atoms with E-state index in [9.17, 15) is 4.79 Å². The number of thioether (sulfide) groups is 1. The van der Waals surface area contributed by atoms with Gasteiger partial charge >= 0.3 is 0 Å². The molecular weight excluding hydrogens is 288 g/mol. The summed E-state index contributed by atoms with van der Waals surface area (Å²) in [6, 6.07) is 14.7. The van der Waals surface area contributed by atoms with E-state index < -0.39 is 0 Å². The second-order valence-electron chi connectivity index (χ2n) is 4.13. The van der Waals surface area contributed by atoms with Gasteiger partial charge in [-0.25, -0.2) is 0 Å². The van der Waals surface area contributed by atoms with Gasteiger partial charge in [0.2, 0.25) is 0 Å². The standard InChI is InChI=1S/C15H14N2OS2/c1-20-13-7-3-6-12(9-13)17-15(18)11-5-2-4-10(8-11)14(16)19/h2-9H,1H3,(H2,16,19)(H,17,18). The Morgan fingerprint density at radius 3 is 2.55 bits per heavy atom. The highest BCUT2D eigenvalue weighted by Gasteiger charge is 2.08. The van der Waals surface area contributed by atoms with Crippen LogP contribution in [0.15, 0.2) is 53.4 Å². The molecule has 3 nitrogen and oxygen atoms in total. The molecule has 1 amide bonds. The molecule has 5 heteroatoms. The van der Waals surface area contributed by atoms with Gasteiger partial charge in [0.05, 0.1) is 0 Å². The van der Waals surface area contributed by atoms with Crippen molar-refractivity contribution in [3.63, 3.8) is 0 Å². The van der Waals surface area contributed by atoms with E-state index in [-0.39, 0.29) is 10.9 Å². The lowest BCUT2D eigenvalue weighted by Gasteiger charge is -2.07. The number of rotatable bonds is 4. The van der Waals surface area contributed by atoms with Crippen molar-refractivity contribution in [3.05, 3.63) is 59.7 Å². The van der Waals surface area contributed by atoms with Crippen LogP contribution in [0.2, 0.25) is 0 Å². The highest BCUT2D eigenvalue weighted by molar-refractivity contribution is 7.98. The Bertz CT molecular complexity index is 656. The fourth-order valence-electron chi connectivity index (χ4n) is 1.72. The van der Waals surface area contributed by atoms with E-state index in [4.69, 9.17) is 18.0 Å². The van der Waals surface area contributed by atoms with Crippen molar-refractivity contribution >= 4 is 40.6 Å². The maximum absolute atomic E-state index is 12.2. The second-order valence-corrected chi connectivity index (χ2v) is 5.45. The van der Waals surface area contributed by atoms with Crippen LogP contribution < -0.4 is 11.1 Å². The predicted octanol–water partition coefficient (Wildman–Crippen LogP) is 3.30. The Kier molecular flexibility index (Phi) is 4.76. The highest BCUT2D eigenvalue weighted by atomic mass is 32.2. The number of nitrogens with one attached hydrogen (secondary N) is 1. The molecule has 0 spiro atoms. The molecule has 2 rings (SSSR count). The van der Waals surface area contributed by atoms with Crippen LogP contribution in [0.3, 0.4) is 0 Å². The summed E-state index contributed by atoms with van der Waals surface area (Å²) in [5.74, 6) is -0.179. The molecule has 0 atom stereocenters. The molecule has 0 fully saturated rings. The van der Waals surface area contributed by atoms with E-state index in [1.165, 1.54) is 0 Å². The van der Waals surface area contributed by atoms with Crippen LogP contribution in [0.1, 0.15) is 15.9 Å². The summed E-state index contributed by atoms with van der Waals surface area (Å²) in [7, 11) is 0. The number of carbonyl (C=O) groups is 1. The van der Waals surface area contributed by atoms with Gasteiger partial charge in [0.25, 0.3) is 5.91 Å². The van der Waals surface area contributed by atoms with Crippen LogP contribution in [-0.4, -0.2) is 17.2 Å². The molecule has 20 heavy (non-hydrogen) atoms. The van der Waals surface area contributed by atoms with E-state index in [0.717, 1.165) is 10.6 Å². The molecule has 0 aliphatic rings. The van der Waals surface area contributed by atoms with E-state index in [1.807, 2.05) is 30.5 Å². The number of amides is 1. The van der Waals surface area contributed by atoms with Gasteiger partial charge in [-0.05, 0) is 36.6 Å². The Morgan fingerprint density at radius 1 is 1.15 bits per heavy atom. The van der Waals surface area contributed by atoms with Gasteiger partial charge in [0, 0.05) is 21.7 Å². The van der Waals surface area contributed by atoms with Crippen LogP contribution in [0.4, 0.5) is 5.69 Å². The first-order valence-electron chi connectivity index (χ1n) is 5.95. The monoisotopic (exact) mass is 302 g/mol. The fraction of sp³-hybridized carbons (Fsp3) is 0.0667. The number of nitrogens with two attached hydrogens (primary N) is 1. The van der Waals surface area contributed by atoms with Crippen molar-refractivity contribution in [2.45, 2.75) is 4.90 Å². The lowest BCUT2D eigenvalue weighted by Crippen LogP contribution is -2.14. The van der Waals surface area contributed by atoms with Crippen molar-refractivity contribution in [3.8, 4) is 0 Å². The average molecular weight is 302 g/mol. The van der Waals surface area contributed by atoms with E-state index in [1.54, 1.807) is 36.0 Å². The fourth-order valence-corrected chi connectivity index (χ4v) is 2.30. The second kappa shape index (κ2) is 6.54. The van der Waals surface area contributed by atoms with E-state index in [2.05, 4.69) is 5.32 Å². The molecule has 0 aromatic heterocycles. The summed E-state index contributed by atoms with van der Waals surface area (Å²) in [5, 5.41) is 2.86. The van der Waals surface area contributed by atoms with Crippen LogP contribution in [0.25, 0.3) is 0 Å². The van der Waals surface area contributed by atoms with E-state index >= 15 is 0 Å². The van der Waals surface area contributed by atoms with Gasteiger partial charge < -0.3 is 11.1 Å². The number of hydrogen-bond acceptors (Lipinski definition) is 3.